The van der Waals surface area contributed by atoms with Gasteiger partial charge in [-0.2, -0.15) is 13.2 Å². The van der Waals surface area contributed by atoms with Crippen molar-refractivity contribution in [1.29, 1.82) is 0 Å². The van der Waals surface area contributed by atoms with E-state index in [1.807, 2.05) is 0 Å². The molecular weight excluding hydrogens is 565 g/mol. The van der Waals surface area contributed by atoms with Gasteiger partial charge in [0, 0.05) is 33.0 Å². The molecule has 0 spiro atoms. The fraction of sp³-hybridized carbons (Fsp3) is 0.310. The number of aromatic nitrogens is 1. The summed E-state index contributed by atoms with van der Waals surface area (Å²) in [6, 6.07) is 10.0. The number of carbonyl (C=O) groups excluding carboxylic acids is 3. The molecule has 1 N–H and O–H groups in total. The van der Waals surface area contributed by atoms with Crippen molar-refractivity contribution >= 4 is 29.4 Å². The molecule has 1 amide bonds. The number of hydrogen-bond donors (Lipinski definition) is 1. The minimum Gasteiger partial charge on any atom is -0.426 e. The van der Waals surface area contributed by atoms with Crippen molar-refractivity contribution in [3.8, 4) is 11.1 Å². The lowest BCUT2D eigenvalue weighted by atomic mass is 9.97. The van der Waals surface area contributed by atoms with Crippen LogP contribution in [-0.4, -0.2) is 34.7 Å². The average Bonchev–Trinajstić information content (AvgIpc) is 2.86. The molecule has 0 bridgehead atoms. The summed E-state index contributed by atoms with van der Waals surface area (Å²) in [4.78, 5) is 50.1. The summed E-state index contributed by atoms with van der Waals surface area (Å²) in [5, 5.41) is 2.74. The predicted molar refractivity (Wildman–Crippen MR) is 145 cm³/mol. The first-order chi connectivity index (χ1) is 19.1. The standard InChI is InChI=1S/C29H28ClF3N2O6/c1-15-7-6-8-22(30)24(15)26(37)34-23(28(39)41-18(4)40-17(3)36)14-19-9-11-20(12-10-19)25-21(29(31,32)33)13-16(2)35(5)27(25)38/h6-13,18,23H,14H2,1-5H3,(H,34,37). The molecule has 12 heteroatoms. The molecule has 2 aromatic carbocycles. The van der Waals surface area contributed by atoms with Crippen LogP contribution in [0.25, 0.3) is 11.1 Å². The number of alkyl halides is 3. The fourth-order valence-electron chi connectivity index (χ4n) is 4.21. The molecule has 0 saturated heterocycles. The van der Waals surface area contributed by atoms with Crippen molar-refractivity contribution in [2.75, 3.05) is 0 Å². The minimum absolute atomic E-state index is 0.0278. The summed E-state index contributed by atoms with van der Waals surface area (Å²) in [5.41, 5.74) is -1.07. The third kappa shape index (κ3) is 7.55. The van der Waals surface area contributed by atoms with Gasteiger partial charge in [0.05, 0.1) is 21.7 Å². The Kier molecular flexibility index (Phi) is 9.65. The highest BCUT2D eigenvalue weighted by atomic mass is 35.5. The number of aryl methyl sites for hydroxylation is 2. The highest BCUT2D eigenvalue weighted by Gasteiger charge is 2.36. The van der Waals surface area contributed by atoms with Crippen LogP contribution in [0.15, 0.2) is 53.3 Å². The summed E-state index contributed by atoms with van der Waals surface area (Å²) in [7, 11) is 1.38. The van der Waals surface area contributed by atoms with E-state index in [0.29, 0.717) is 11.1 Å². The van der Waals surface area contributed by atoms with Gasteiger partial charge in [-0.15, -0.1) is 0 Å². The SMILES string of the molecule is CC(=O)OC(C)OC(=O)C(Cc1ccc(-c2c(C(F)(F)F)cc(C)n(C)c2=O)cc1)NC(=O)c1c(C)cccc1Cl. The maximum Gasteiger partial charge on any atom is 0.417 e. The number of nitrogens with zero attached hydrogens (tertiary/aromatic N) is 1. The molecule has 2 unspecified atom stereocenters. The van der Waals surface area contributed by atoms with E-state index < -0.39 is 53.0 Å². The van der Waals surface area contributed by atoms with Crippen LogP contribution < -0.4 is 10.9 Å². The number of halogens is 4. The first-order valence-corrected chi connectivity index (χ1v) is 12.8. The Hall–Kier alpha value is -4.12. The number of nitrogens with one attached hydrogen (secondary N) is 1. The van der Waals surface area contributed by atoms with Gasteiger partial charge in [-0.25, -0.2) is 4.79 Å². The molecule has 0 aliphatic rings. The Balaban J connectivity index is 1.95. The zero-order valence-corrected chi connectivity index (χ0v) is 23.6. The smallest absolute Gasteiger partial charge is 0.417 e. The Morgan fingerprint density at radius 2 is 1.68 bits per heavy atom. The fourth-order valence-corrected chi connectivity index (χ4v) is 4.52. The molecule has 0 saturated carbocycles. The molecule has 0 fully saturated rings. The minimum atomic E-state index is -4.76. The van der Waals surface area contributed by atoms with Crippen LogP contribution in [0.5, 0.6) is 0 Å². The first-order valence-electron chi connectivity index (χ1n) is 12.4. The van der Waals surface area contributed by atoms with E-state index in [2.05, 4.69) is 5.32 Å². The van der Waals surface area contributed by atoms with E-state index in [9.17, 15) is 32.3 Å². The van der Waals surface area contributed by atoms with Gasteiger partial charge < -0.3 is 19.4 Å². The monoisotopic (exact) mass is 592 g/mol. The molecule has 0 aliphatic heterocycles. The number of pyridine rings is 1. The van der Waals surface area contributed by atoms with Gasteiger partial charge in [-0.05, 0) is 42.7 Å². The molecule has 3 aromatic rings. The van der Waals surface area contributed by atoms with Crippen molar-refractivity contribution < 1.29 is 37.0 Å². The maximum atomic E-state index is 13.8. The number of carbonyl (C=O) groups is 3. The van der Waals surface area contributed by atoms with E-state index in [1.54, 1.807) is 19.1 Å². The van der Waals surface area contributed by atoms with Gasteiger partial charge in [-0.1, -0.05) is 48.0 Å². The molecule has 3 rings (SSSR count). The number of amides is 1. The number of rotatable bonds is 8. The van der Waals surface area contributed by atoms with Gasteiger partial charge in [0.15, 0.2) is 0 Å². The van der Waals surface area contributed by atoms with Gasteiger partial charge in [0.2, 0.25) is 6.29 Å². The van der Waals surface area contributed by atoms with Crippen molar-refractivity contribution in [3.63, 3.8) is 0 Å². The maximum absolute atomic E-state index is 13.8. The van der Waals surface area contributed by atoms with Crippen LogP contribution in [0.4, 0.5) is 13.2 Å². The zero-order chi connectivity index (χ0) is 30.6. The second-order valence-electron chi connectivity index (χ2n) is 9.41. The van der Waals surface area contributed by atoms with Crippen LogP contribution in [0.2, 0.25) is 5.02 Å². The molecule has 0 radical (unpaired) electrons. The normalized spacial score (nSPS) is 12.8. The first kappa shape index (κ1) is 31.4. The molecule has 218 valence electrons. The highest BCUT2D eigenvalue weighted by Crippen LogP contribution is 2.36. The molecule has 1 heterocycles. The lowest BCUT2D eigenvalue weighted by molar-refractivity contribution is -0.184. The Morgan fingerprint density at radius 1 is 1.05 bits per heavy atom. The molecule has 8 nitrogen and oxygen atoms in total. The van der Waals surface area contributed by atoms with Gasteiger partial charge in [0.25, 0.3) is 11.5 Å². The van der Waals surface area contributed by atoms with Crippen molar-refractivity contribution in [3.05, 3.63) is 91.9 Å². The average molecular weight is 593 g/mol. The van der Waals surface area contributed by atoms with Gasteiger partial charge in [0.1, 0.15) is 6.04 Å². The topological polar surface area (TPSA) is 104 Å². The van der Waals surface area contributed by atoms with Crippen molar-refractivity contribution in [2.45, 2.75) is 52.6 Å². The summed E-state index contributed by atoms with van der Waals surface area (Å²) in [6.45, 7) is 5.53. The second kappa shape index (κ2) is 12.6. The summed E-state index contributed by atoms with van der Waals surface area (Å²) < 4.78 is 52.5. The third-order valence-corrected chi connectivity index (χ3v) is 6.63. The van der Waals surface area contributed by atoms with Gasteiger partial charge in [-0.3, -0.25) is 14.4 Å². The van der Waals surface area contributed by atoms with E-state index in [-0.39, 0.29) is 28.3 Å². The number of hydrogen-bond acceptors (Lipinski definition) is 6. The van der Waals surface area contributed by atoms with Crippen molar-refractivity contribution in [2.24, 2.45) is 7.05 Å². The Bertz CT molecular complexity index is 1510. The number of esters is 2. The summed E-state index contributed by atoms with van der Waals surface area (Å²) in [6.07, 6.45) is -6.15. The lowest BCUT2D eigenvalue weighted by Gasteiger charge is -2.21. The third-order valence-electron chi connectivity index (χ3n) is 6.31. The molecule has 0 aliphatic carbocycles. The zero-order valence-electron chi connectivity index (χ0n) is 22.9. The quantitative estimate of drug-likeness (QED) is 0.287. The van der Waals surface area contributed by atoms with Gasteiger partial charge >= 0.3 is 18.1 Å². The predicted octanol–water partition coefficient (Wildman–Crippen LogP) is 5.13. The van der Waals surface area contributed by atoms with Crippen LogP contribution in [0.1, 0.15) is 46.6 Å². The highest BCUT2D eigenvalue weighted by molar-refractivity contribution is 6.34. The molecular formula is C29H28ClF3N2O6. The van der Waals surface area contributed by atoms with Crippen LogP contribution in [0.3, 0.4) is 0 Å². The van der Waals surface area contributed by atoms with Crippen molar-refractivity contribution in [1.82, 2.24) is 9.88 Å². The Labute approximate surface area is 239 Å². The van der Waals surface area contributed by atoms with Crippen LogP contribution >= 0.6 is 11.6 Å². The van der Waals surface area contributed by atoms with E-state index in [1.165, 1.54) is 51.2 Å². The molecule has 41 heavy (non-hydrogen) atoms. The summed E-state index contributed by atoms with van der Waals surface area (Å²) in [5.74, 6) is -2.27. The number of benzene rings is 2. The second-order valence-corrected chi connectivity index (χ2v) is 9.82. The summed E-state index contributed by atoms with van der Waals surface area (Å²) >= 11 is 6.20. The van der Waals surface area contributed by atoms with Crippen LogP contribution in [-0.2, 0) is 38.7 Å². The van der Waals surface area contributed by atoms with E-state index in [4.69, 9.17) is 21.1 Å². The largest absolute Gasteiger partial charge is 0.426 e. The van der Waals surface area contributed by atoms with Crippen LogP contribution in [0, 0.1) is 13.8 Å². The Morgan fingerprint density at radius 3 is 2.24 bits per heavy atom. The molecule has 1 aromatic heterocycles. The van der Waals surface area contributed by atoms with E-state index >= 15 is 0 Å². The lowest BCUT2D eigenvalue weighted by Crippen LogP contribution is -2.44. The number of ether oxygens (including phenoxy) is 2. The molecule has 2 atom stereocenters. The van der Waals surface area contributed by atoms with E-state index in [0.717, 1.165) is 17.6 Å².